The van der Waals surface area contributed by atoms with Crippen molar-refractivity contribution in [2.75, 3.05) is 31.3 Å². The summed E-state index contributed by atoms with van der Waals surface area (Å²) in [5, 5.41) is 4.34. The molecule has 2 aromatic heterocycles. The normalized spacial score (nSPS) is 10.5. The lowest BCUT2D eigenvalue weighted by atomic mass is 10.1. The first-order valence-electron chi connectivity index (χ1n) is 5.71. The van der Waals surface area contributed by atoms with Gasteiger partial charge in [0.1, 0.15) is 10.8 Å². The molecule has 2 aromatic rings. The topological polar surface area (TPSA) is 73.1 Å². The van der Waals surface area contributed by atoms with Gasteiger partial charge >= 0.3 is 0 Å². The van der Waals surface area contributed by atoms with E-state index in [1.165, 1.54) is 11.5 Å². The molecule has 0 unspecified atom stereocenters. The molecule has 0 radical (unpaired) electrons. The number of hydrogen-bond acceptors (Lipinski definition) is 6. The Bertz CT molecular complexity index is 486. The standard InChI is InChI=1S/C12H16N4OS/c1-17-8-2-5-15-12-10(11(13)16-18-12)9-3-6-14-7-4-9/h3-4,6-7,15H,2,5,8H2,1H3,(H2,13,16). The van der Waals surface area contributed by atoms with Crippen LogP contribution in [0.3, 0.4) is 0 Å². The molecule has 0 bridgehead atoms. The van der Waals surface area contributed by atoms with Crippen LogP contribution in [0.1, 0.15) is 6.42 Å². The highest BCUT2D eigenvalue weighted by Gasteiger charge is 2.12. The maximum absolute atomic E-state index is 5.92. The third kappa shape index (κ3) is 2.96. The van der Waals surface area contributed by atoms with Crippen LogP contribution in [0.2, 0.25) is 0 Å². The van der Waals surface area contributed by atoms with Crippen LogP contribution in [0.25, 0.3) is 11.1 Å². The van der Waals surface area contributed by atoms with Gasteiger partial charge < -0.3 is 15.8 Å². The predicted molar refractivity (Wildman–Crippen MR) is 74.7 cm³/mol. The molecule has 6 heteroatoms. The summed E-state index contributed by atoms with van der Waals surface area (Å²) < 4.78 is 9.21. The van der Waals surface area contributed by atoms with E-state index in [0.717, 1.165) is 35.7 Å². The summed E-state index contributed by atoms with van der Waals surface area (Å²) in [5.74, 6) is 0.556. The van der Waals surface area contributed by atoms with Crippen LogP contribution < -0.4 is 11.1 Å². The van der Waals surface area contributed by atoms with Crippen LogP contribution >= 0.6 is 11.5 Å². The van der Waals surface area contributed by atoms with Crippen molar-refractivity contribution in [1.29, 1.82) is 0 Å². The van der Waals surface area contributed by atoms with Crippen molar-refractivity contribution in [3.8, 4) is 11.1 Å². The van der Waals surface area contributed by atoms with E-state index in [1.54, 1.807) is 19.5 Å². The van der Waals surface area contributed by atoms with Crippen LogP contribution in [-0.2, 0) is 4.74 Å². The molecule has 0 saturated carbocycles. The second-order valence-corrected chi connectivity index (χ2v) is 4.55. The van der Waals surface area contributed by atoms with E-state index in [-0.39, 0.29) is 0 Å². The van der Waals surface area contributed by atoms with Gasteiger partial charge in [-0.15, -0.1) is 0 Å². The Hall–Kier alpha value is -1.66. The van der Waals surface area contributed by atoms with Crippen LogP contribution in [0.15, 0.2) is 24.5 Å². The van der Waals surface area contributed by atoms with Crippen molar-refractivity contribution in [2.45, 2.75) is 6.42 Å². The van der Waals surface area contributed by atoms with E-state index in [9.17, 15) is 0 Å². The van der Waals surface area contributed by atoms with Crippen LogP contribution in [0.4, 0.5) is 10.8 Å². The average Bonchev–Trinajstić information content (AvgIpc) is 2.77. The third-order valence-corrected chi connectivity index (χ3v) is 3.32. The van der Waals surface area contributed by atoms with Gasteiger partial charge in [0.25, 0.3) is 0 Å². The number of nitrogens with two attached hydrogens (primary N) is 1. The minimum atomic E-state index is 0.556. The number of pyridine rings is 1. The Morgan fingerprint density at radius 1 is 1.39 bits per heavy atom. The Balaban J connectivity index is 2.12. The summed E-state index contributed by atoms with van der Waals surface area (Å²) in [6, 6.07) is 3.86. The second kappa shape index (κ2) is 6.32. The zero-order valence-electron chi connectivity index (χ0n) is 10.2. The number of nitrogens with zero attached hydrogens (tertiary/aromatic N) is 2. The van der Waals surface area contributed by atoms with Crippen molar-refractivity contribution in [2.24, 2.45) is 0 Å². The van der Waals surface area contributed by atoms with Gasteiger partial charge in [0.15, 0.2) is 0 Å². The highest BCUT2D eigenvalue weighted by atomic mass is 32.1. The maximum Gasteiger partial charge on any atom is 0.147 e. The minimum Gasteiger partial charge on any atom is -0.385 e. The molecule has 0 atom stereocenters. The molecular formula is C12H16N4OS. The quantitative estimate of drug-likeness (QED) is 0.783. The van der Waals surface area contributed by atoms with Gasteiger partial charge in [-0.25, -0.2) is 0 Å². The fourth-order valence-electron chi connectivity index (χ4n) is 1.64. The Kier molecular flexibility index (Phi) is 4.49. The van der Waals surface area contributed by atoms with E-state index in [4.69, 9.17) is 10.5 Å². The molecule has 18 heavy (non-hydrogen) atoms. The molecule has 3 N–H and O–H groups in total. The number of methoxy groups -OCH3 is 1. The maximum atomic E-state index is 5.92. The van der Waals surface area contributed by atoms with Crippen LogP contribution in [0, 0.1) is 0 Å². The molecule has 0 aromatic carbocycles. The van der Waals surface area contributed by atoms with E-state index in [2.05, 4.69) is 14.7 Å². The molecule has 5 nitrogen and oxygen atoms in total. The van der Waals surface area contributed by atoms with Gasteiger partial charge in [-0.1, -0.05) is 0 Å². The van der Waals surface area contributed by atoms with Crippen LogP contribution in [0.5, 0.6) is 0 Å². The number of rotatable bonds is 6. The molecule has 0 aliphatic carbocycles. The van der Waals surface area contributed by atoms with Crippen molar-refractivity contribution in [3.05, 3.63) is 24.5 Å². The smallest absolute Gasteiger partial charge is 0.147 e. The molecule has 0 aliphatic heterocycles. The van der Waals surface area contributed by atoms with Crippen LogP contribution in [-0.4, -0.2) is 29.6 Å². The lowest BCUT2D eigenvalue weighted by Gasteiger charge is -2.06. The fraction of sp³-hybridized carbons (Fsp3) is 0.333. The lowest BCUT2D eigenvalue weighted by molar-refractivity contribution is 0.198. The summed E-state index contributed by atoms with van der Waals surface area (Å²) in [4.78, 5) is 4.01. The number of anilines is 2. The van der Waals surface area contributed by atoms with Gasteiger partial charge in [-0.2, -0.15) is 4.37 Å². The predicted octanol–water partition coefficient (Wildman–Crippen LogP) is 2.24. The number of nitrogens with one attached hydrogen (secondary N) is 1. The van der Waals surface area contributed by atoms with Crippen molar-refractivity contribution in [1.82, 2.24) is 9.36 Å². The monoisotopic (exact) mass is 264 g/mol. The summed E-state index contributed by atoms with van der Waals surface area (Å²) in [5.41, 5.74) is 7.91. The van der Waals surface area contributed by atoms with E-state index in [0.29, 0.717) is 5.82 Å². The van der Waals surface area contributed by atoms with Gasteiger partial charge in [-0.3, -0.25) is 4.98 Å². The number of hydrogen-bond donors (Lipinski definition) is 2. The molecule has 0 saturated heterocycles. The average molecular weight is 264 g/mol. The molecule has 2 rings (SSSR count). The van der Waals surface area contributed by atoms with Gasteiger partial charge in [0, 0.05) is 32.7 Å². The third-order valence-electron chi connectivity index (χ3n) is 2.50. The summed E-state index contributed by atoms with van der Waals surface area (Å²) in [6.07, 6.45) is 4.45. The first-order chi connectivity index (χ1) is 8.83. The number of aromatic nitrogens is 2. The Morgan fingerprint density at radius 2 is 2.17 bits per heavy atom. The van der Waals surface area contributed by atoms with Gasteiger partial charge in [-0.05, 0) is 35.6 Å². The molecule has 0 fully saturated rings. The zero-order chi connectivity index (χ0) is 12.8. The van der Waals surface area contributed by atoms with Gasteiger partial charge in [0.05, 0.1) is 5.56 Å². The fourth-order valence-corrected chi connectivity index (χ4v) is 2.40. The van der Waals surface area contributed by atoms with Gasteiger partial charge in [0.2, 0.25) is 0 Å². The highest BCUT2D eigenvalue weighted by Crippen LogP contribution is 2.36. The summed E-state index contributed by atoms with van der Waals surface area (Å²) >= 11 is 1.38. The first kappa shape index (κ1) is 12.8. The summed E-state index contributed by atoms with van der Waals surface area (Å²) in [6.45, 7) is 1.58. The largest absolute Gasteiger partial charge is 0.385 e. The Morgan fingerprint density at radius 3 is 2.89 bits per heavy atom. The molecule has 0 spiro atoms. The molecule has 0 amide bonds. The van der Waals surface area contributed by atoms with Crippen molar-refractivity contribution >= 4 is 22.4 Å². The number of nitrogen functional groups attached to an aromatic ring is 1. The second-order valence-electron chi connectivity index (χ2n) is 3.78. The van der Waals surface area contributed by atoms with Crippen molar-refractivity contribution in [3.63, 3.8) is 0 Å². The zero-order valence-corrected chi connectivity index (χ0v) is 11.0. The van der Waals surface area contributed by atoms with E-state index in [1.807, 2.05) is 12.1 Å². The first-order valence-corrected chi connectivity index (χ1v) is 6.48. The molecule has 96 valence electrons. The SMILES string of the molecule is COCCCNc1snc(N)c1-c1ccncc1. The lowest BCUT2D eigenvalue weighted by Crippen LogP contribution is -2.04. The minimum absolute atomic E-state index is 0.556. The molecule has 0 aliphatic rings. The van der Waals surface area contributed by atoms with E-state index >= 15 is 0 Å². The molecular weight excluding hydrogens is 248 g/mol. The van der Waals surface area contributed by atoms with E-state index < -0.39 is 0 Å². The highest BCUT2D eigenvalue weighted by molar-refractivity contribution is 7.11. The summed E-state index contributed by atoms with van der Waals surface area (Å²) in [7, 11) is 1.70. The molecule has 2 heterocycles. The number of ether oxygens (including phenoxy) is 1. The van der Waals surface area contributed by atoms with Crippen molar-refractivity contribution < 1.29 is 4.74 Å². The Labute approximate surface area is 110 Å².